The van der Waals surface area contributed by atoms with E-state index in [0.29, 0.717) is 5.82 Å². The molecule has 0 saturated carbocycles. The van der Waals surface area contributed by atoms with Crippen molar-refractivity contribution in [3.8, 4) is 0 Å². The van der Waals surface area contributed by atoms with Crippen molar-refractivity contribution in [2.45, 2.75) is 51.6 Å². The summed E-state index contributed by atoms with van der Waals surface area (Å²) in [6, 6.07) is 2.65. The van der Waals surface area contributed by atoms with Crippen molar-refractivity contribution in [3.63, 3.8) is 0 Å². The zero-order chi connectivity index (χ0) is 12.1. The summed E-state index contributed by atoms with van der Waals surface area (Å²) in [7, 11) is 0. The number of rotatable bonds is 5. The molecule has 1 atom stereocenters. The highest BCUT2D eigenvalue weighted by Crippen LogP contribution is 2.20. The number of nitrogen functional groups attached to an aromatic ring is 1. The van der Waals surface area contributed by atoms with E-state index in [1.165, 1.54) is 38.6 Å². The second-order valence-electron chi connectivity index (χ2n) is 4.98. The number of anilines is 1. The minimum absolute atomic E-state index is 0.619. The van der Waals surface area contributed by atoms with Crippen molar-refractivity contribution in [3.05, 3.63) is 12.3 Å². The van der Waals surface area contributed by atoms with Crippen molar-refractivity contribution < 1.29 is 0 Å². The smallest absolute Gasteiger partial charge is 0.145 e. The first kappa shape index (κ1) is 12.4. The van der Waals surface area contributed by atoms with Gasteiger partial charge in [-0.25, -0.2) is 0 Å². The van der Waals surface area contributed by atoms with E-state index in [4.69, 9.17) is 5.73 Å². The number of nitrogens with two attached hydrogens (primary N) is 1. The average Bonchev–Trinajstić information content (AvgIpc) is 2.74. The van der Waals surface area contributed by atoms with Crippen molar-refractivity contribution in [2.75, 3.05) is 18.8 Å². The van der Waals surface area contributed by atoms with Gasteiger partial charge in [0.1, 0.15) is 5.82 Å². The fraction of sp³-hybridized carbons (Fsp3) is 0.769. The molecule has 2 heterocycles. The molecular formula is C13H24N4. The number of hydrogen-bond donors (Lipinski definition) is 1. The van der Waals surface area contributed by atoms with Gasteiger partial charge < -0.3 is 5.73 Å². The predicted molar refractivity (Wildman–Crippen MR) is 70.8 cm³/mol. The Kier molecular flexibility index (Phi) is 4.42. The Morgan fingerprint density at radius 3 is 3.00 bits per heavy atom. The summed E-state index contributed by atoms with van der Waals surface area (Å²) in [6.07, 6.45) is 8.71. The fourth-order valence-corrected chi connectivity index (χ4v) is 2.75. The SMILES string of the molecule is CCCC1CCCCN1CCn1ccc(N)n1. The first-order chi connectivity index (χ1) is 8.29. The van der Waals surface area contributed by atoms with Gasteiger partial charge in [0.15, 0.2) is 0 Å². The normalized spacial score (nSPS) is 21.8. The third kappa shape index (κ3) is 3.46. The van der Waals surface area contributed by atoms with E-state index in [1.54, 1.807) is 0 Å². The summed E-state index contributed by atoms with van der Waals surface area (Å²) >= 11 is 0. The first-order valence-corrected chi connectivity index (χ1v) is 6.82. The maximum Gasteiger partial charge on any atom is 0.145 e. The Bertz CT molecular complexity index is 332. The topological polar surface area (TPSA) is 47.1 Å². The van der Waals surface area contributed by atoms with Gasteiger partial charge in [0.25, 0.3) is 0 Å². The summed E-state index contributed by atoms with van der Waals surface area (Å²) in [5, 5.41) is 4.23. The molecule has 2 rings (SSSR count). The monoisotopic (exact) mass is 236 g/mol. The van der Waals surface area contributed by atoms with Crippen LogP contribution >= 0.6 is 0 Å². The molecule has 1 aromatic rings. The Morgan fingerprint density at radius 2 is 2.29 bits per heavy atom. The van der Waals surface area contributed by atoms with Crippen LogP contribution < -0.4 is 5.73 Å². The lowest BCUT2D eigenvalue weighted by atomic mass is 9.98. The summed E-state index contributed by atoms with van der Waals surface area (Å²) in [4.78, 5) is 2.63. The highest BCUT2D eigenvalue weighted by molar-refractivity contribution is 5.23. The highest BCUT2D eigenvalue weighted by Gasteiger charge is 2.20. The van der Waals surface area contributed by atoms with E-state index in [2.05, 4.69) is 16.9 Å². The van der Waals surface area contributed by atoms with E-state index in [0.717, 1.165) is 19.1 Å². The largest absolute Gasteiger partial charge is 0.382 e. The van der Waals surface area contributed by atoms with Crippen LogP contribution in [-0.4, -0.2) is 33.8 Å². The molecule has 1 saturated heterocycles. The van der Waals surface area contributed by atoms with Crippen molar-refractivity contribution >= 4 is 5.82 Å². The molecule has 0 spiro atoms. The van der Waals surface area contributed by atoms with E-state index >= 15 is 0 Å². The Balaban J connectivity index is 1.83. The number of hydrogen-bond acceptors (Lipinski definition) is 3. The molecule has 4 nitrogen and oxygen atoms in total. The van der Waals surface area contributed by atoms with Crippen molar-refractivity contribution in [2.24, 2.45) is 0 Å². The molecule has 1 fully saturated rings. The summed E-state index contributed by atoms with van der Waals surface area (Å²) < 4.78 is 1.95. The van der Waals surface area contributed by atoms with Gasteiger partial charge in [-0.2, -0.15) is 5.10 Å². The first-order valence-electron chi connectivity index (χ1n) is 6.82. The minimum atomic E-state index is 0.619. The third-order valence-electron chi connectivity index (χ3n) is 3.65. The van der Waals surface area contributed by atoms with Gasteiger partial charge in [-0.1, -0.05) is 19.8 Å². The van der Waals surface area contributed by atoms with Crippen LogP contribution in [0.5, 0.6) is 0 Å². The predicted octanol–water partition coefficient (Wildman–Crippen LogP) is 2.12. The zero-order valence-electron chi connectivity index (χ0n) is 10.8. The summed E-state index contributed by atoms with van der Waals surface area (Å²) in [5.74, 6) is 0.619. The third-order valence-corrected chi connectivity index (χ3v) is 3.65. The molecular weight excluding hydrogens is 212 g/mol. The number of likely N-dealkylation sites (tertiary alicyclic amines) is 1. The standard InChI is InChI=1S/C13H24N4/c1-2-5-12-6-3-4-8-16(12)10-11-17-9-7-13(14)15-17/h7,9,12H,2-6,8,10-11H2,1H3,(H2,14,15). The second kappa shape index (κ2) is 6.05. The van der Waals surface area contributed by atoms with Crippen LogP contribution in [0.2, 0.25) is 0 Å². The van der Waals surface area contributed by atoms with Gasteiger partial charge in [-0.05, 0) is 31.9 Å². The van der Waals surface area contributed by atoms with Crippen LogP contribution in [0.25, 0.3) is 0 Å². The minimum Gasteiger partial charge on any atom is -0.382 e. The molecule has 1 aliphatic rings. The molecule has 0 bridgehead atoms. The molecule has 0 radical (unpaired) electrons. The van der Waals surface area contributed by atoms with Crippen LogP contribution in [0.3, 0.4) is 0 Å². The van der Waals surface area contributed by atoms with Crippen LogP contribution in [0.4, 0.5) is 5.82 Å². The van der Waals surface area contributed by atoms with Crippen LogP contribution in [0, 0.1) is 0 Å². The van der Waals surface area contributed by atoms with Gasteiger partial charge in [-0.3, -0.25) is 9.58 Å². The molecule has 1 aromatic heterocycles. The zero-order valence-corrected chi connectivity index (χ0v) is 10.8. The molecule has 2 N–H and O–H groups in total. The number of nitrogens with zero attached hydrogens (tertiary/aromatic N) is 3. The fourth-order valence-electron chi connectivity index (χ4n) is 2.75. The van der Waals surface area contributed by atoms with Crippen molar-refractivity contribution in [1.29, 1.82) is 0 Å². The Labute approximate surface area is 104 Å². The summed E-state index contributed by atoms with van der Waals surface area (Å²) in [5.41, 5.74) is 5.62. The maximum atomic E-state index is 5.62. The van der Waals surface area contributed by atoms with E-state index in [-0.39, 0.29) is 0 Å². The quantitative estimate of drug-likeness (QED) is 0.852. The molecule has 17 heavy (non-hydrogen) atoms. The van der Waals surface area contributed by atoms with Gasteiger partial charge in [0, 0.05) is 18.8 Å². The molecule has 4 heteroatoms. The van der Waals surface area contributed by atoms with E-state index in [9.17, 15) is 0 Å². The lowest BCUT2D eigenvalue weighted by molar-refractivity contribution is 0.133. The van der Waals surface area contributed by atoms with Crippen LogP contribution in [0.15, 0.2) is 12.3 Å². The molecule has 0 aromatic carbocycles. The molecule has 1 unspecified atom stereocenters. The second-order valence-corrected chi connectivity index (χ2v) is 4.98. The number of piperidine rings is 1. The molecule has 0 amide bonds. The number of aromatic nitrogens is 2. The van der Waals surface area contributed by atoms with E-state index in [1.807, 2.05) is 16.9 Å². The van der Waals surface area contributed by atoms with Crippen LogP contribution in [-0.2, 0) is 6.54 Å². The Morgan fingerprint density at radius 1 is 1.41 bits per heavy atom. The summed E-state index contributed by atoms with van der Waals surface area (Å²) in [6.45, 7) is 5.59. The lowest BCUT2D eigenvalue weighted by Gasteiger charge is -2.35. The molecule has 0 aliphatic carbocycles. The van der Waals surface area contributed by atoms with Crippen LogP contribution in [0.1, 0.15) is 39.0 Å². The molecule has 1 aliphatic heterocycles. The van der Waals surface area contributed by atoms with Gasteiger partial charge in [-0.15, -0.1) is 0 Å². The lowest BCUT2D eigenvalue weighted by Crippen LogP contribution is -2.41. The Hall–Kier alpha value is -1.03. The van der Waals surface area contributed by atoms with Gasteiger partial charge in [0.05, 0.1) is 6.54 Å². The van der Waals surface area contributed by atoms with Gasteiger partial charge in [0.2, 0.25) is 0 Å². The highest BCUT2D eigenvalue weighted by atomic mass is 15.3. The maximum absolute atomic E-state index is 5.62. The average molecular weight is 236 g/mol. The van der Waals surface area contributed by atoms with E-state index < -0.39 is 0 Å². The van der Waals surface area contributed by atoms with Crippen molar-refractivity contribution in [1.82, 2.24) is 14.7 Å². The van der Waals surface area contributed by atoms with Gasteiger partial charge >= 0.3 is 0 Å². The molecule has 96 valence electrons.